The van der Waals surface area contributed by atoms with Gasteiger partial charge in [0.05, 0.1) is 0 Å². The summed E-state index contributed by atoms with van der Waals surface area (Å²) in [6, 6.07) is 9.63. The van der Waals surface area contributed by atoms with Crippen molar-refractivity contribution in [3.63, 3.8) is 0 Å². The molecule has 1 aliphatic heterocycles. The number of rotatable bonds is 4. The van der Waals surface area contributed by atoms with E-state index in [0.29, 0.717) is 0 Å². The van der Waals surface area contributed by atoms with Crippen LogP contribution in [0.15, 0.2) is 24.3 Å². The van der Waals surface area contributed by atoms with E-state index in [4.69, 9.17) is 0 Å². The van der Waals surface area contributed by atoms with Gasteiger partial charge >= 0.3 is 0 Å². The number of hydrogen-bond donors (Lipinski definition) is 1. The van der Waals surface area contributed by atoms with E-state index in [1.54, 1.807) is 0 Å². The van der Waals surface area contributed by atoms with Gasteiger partial charge < -0.3 is 10.2 Å². The molecule has 0 spiro atoms. The summed E-state index contributed by atoms with van der Waals surface area (Å²) in [5, 5.41) is 3.31. The standard InChI is InChI=1S/C13H20N2.ClH/c1-11-3-5-12(6-4-11)7-8-15(2)13-9-14-10-13;/h3-6,13-14H,7-10H2,1-2H3;1H. The van der Waals surface area contributed by atoms with Gasteiger partial charge in [0, 0.05) is 25.7 Å². The van der Waals surface area contributed by atoms with Crippen molar-refractivity contribution in [3.05, 3.63) is 35.4 Å². The molecule has 1 aliphatic rings. The molecule has 1 aromatic rings. The average molecular weight is 241 g/mol. The van der Waals surface area contributed by atoms with Crippen molar-refractivity contribution in [2.45, 2.75) is 19.4 Å². The van der Waals surface area contributed by atoms with Crippen LogP contribution in [0.3, 0.4) is 0 Å². The summed E-state index contributed by atoms with van der Waals surface area (Å²) in [6.45, 7) is 5.61. The Morgan fingerprint density at radius 2 is 1.88 bits per heavy atom. The summed E-state index contributed by atoms with van der Waals surface area (Å²) in [5.74, 6) is 0. The van der Waals surface area contributed by atoms with E-state index in [9.17, 15) is 0 Å². The molecule has 1 heterocycles. The van der Waals surface area contributed by atoms with Crippen molar-refractivity contribution in [1.82, 2.24) is 10.2 Å². The molecule has 1 aromatic carbocycles. The molecule has 0 bridgehead atoms. The highest BCUT2D eigenvalue weighted by molar-refractivity contribution is 5.85. The first kappa shape index (κ1) is 13.5. The van der Waals surface area contributed by atoms with E-state index < -0.39 is 0 Å². The summed E-state index contributed by atoms with van der Waals surface area (Å²) in [5.41, 5.74) is 2.79. The zero-order valence-electron chi connectivity index (χ0n) is 10.1. The van der Waals surface area contributed by atoms with Crippen molar-refractivity contribution in [2.24, 2.45) is 0 Å². The van der Waals surface area contributed by atoms with Gasteiger partial charge in [0.1, 0.15) is 0 Å². The molecular weight excluding hydrogens is 220 g/mol. The van der Waals surface area contributed by atoms with Crippen LogP contribution in [0.1, 0.15) is 11.1 Å². The Labute approximate surface area is 104 Å². The summed E-state index contributed by atoms with van der Waals surface area (Å²) < 4.78 is 0. The van der Waals surface area contributed by atoms with E-state index in [1.165, 1.54) is 11.1 Å². The molecule has 0 unspecified atom stereocenters. The molecule has 0 amide bonds. The Morgan fingerprint density at radius 3 is 2.38 bits per heavy atom. The fourth-order valence-corrected chi connectivity index (χ4v) is 1.83. The Balaban J connectivity index is 0.00000128. The van der Waals surface area contributed by atoms with Crippen molar-refractivity contribution >= 4 is 12.4 Å². The lowest BCUT2D eigenvalue weighted by Crippen LogP contribution is -2.56. The second kappa shape index (κ2) is 6.24. The minimum atomic E-state index is 0. The van der Waals surface area contributed by atoms with Crippen LogP contribution in [0.2, 0.25) is 0 Å². The molecule has 3 heteroatoms. The second-order valence-corrected chi connectivity index (χ2v) is 4.53. The third-order valence-electron chi connectivity index (χ3n) is 3.26. The van der Waals surface area contributed by atoms with Gasteiger partial charge in [0.2, 0.25) is 0 Å². The fraction of sp³-hybridized carbons (Fsp3) is 0.538. The van der Waals surface area contributed by atoms with Crippen molar-refractivity contribution in [1.29, 1.82) is 0 Å². The van der Waals surface area contributed by atoms with Gasteiger partial charge in [-0.25, -0.2) is 0 Å². The molecule has 0 atom stereocenters. The number of benzene rings is 1. The van der Waals surface area contributed by atoms with Crippen LogP contribution in [-0.2, 0) is 6.42 Å². The summed E-state index contributed by atoms with van der Waals surface area (Å²) in [7, 11) is 2.22. The minimum Gasteiger partial charge on any atom is -0.314 e. The molecule has 16 heavy (non-hydrogen) atoms. The number of aryl methyl sites for hydroxylation is 1. The van der Waals surface area contributed by atoms with Crippen molar-refractivity contribution in [2.75, 3.05) is 26.7 Å². The number of hydrogen-bond acceptors (Lipinski definition) is 2. The average Bonchev–Trinajstić information content (AvgIpc) is 2.14. The Hall–Kier alpha value is -0.570. The highest BCUT2D eigenvalue weighted by Crippen LogP contribution is 2.07. The van der Waals surface area contributed by atoms with Gasteiger partial charge in [0.15, 0.2) is 0 Å². The predicted molar refractivity (Wildman–Crippen MR) is 71.4 cm³/mol. The SMILES string of the molecule is Cc1ccc(CCN(C)C2CNC2)cc1.Cl. The lowest BCUT2D eigenvalue weighted by Gasteiger charge is -2.35. The lowest BCUT2D eigenvalue weighted by molar-refractivity contribution is 0.182. The van der Waals surface area contributed by atoms with E-state index in [1.807, 2.05) is 0 Å². The quantitative estimate of drug-likeness (QED) is 0.865. The first-order chi connectivity index (χ1) is 7.25. The molecule has 0 aliphatic carbocycles. The van der Waals surface area contributed by atoms with Crippen LogP contribution in [0.4, 0.5) is 0 Å². The van der Waals surface area contributed by atoms with E-state index in [-0.39, 0.29) is 12.4 Å². The lowest BCUT2D eigenvalue weighted by atomic mass is 10.1. The highest BCUT2D eigenvalue weighted by Gasteiger charge is 2.20. The maximum absolute atomic E-state index is 3.31. The predicted octanol–water partition coefficient (Wildman–Crippen LogP) is 1.86. The van der Waals surface area contributed by atoms with E-state index in [0.717, 1.165) is 32.1 Å². The third-order valence-corrected chi connectivity index (χ3v) is 3.26. The molecule has 2 nitrogen and oxygen atoms in total. The molecule has 2 rings (SSSR count). The van der Waals surface area contributed by atoms with E-state index in [2.05, 4.69) is 48.5 Å². The van der Waals surface area contributed by atoms with Gasteiger partial charge in [-0.1, -0.05) is 29.8 Å². The molecule has 0 radical (unpaired) electrons. The summed E-state index contributed by atoms with van der Waals surface area (Å²) >= 11 is 0. The van der Waals surface area contributed by atoms with Crippen molar-refractivity contribution < 1.29 is 0 Å². The number of halogens is 1. The highest BCUT2D eigenvalue weighted by atomic mass is 35.5. The first-order valence-electron chi connectivity index (χ1n) is 5.72. The van der Waals surface area contributed by atoms with Gasteiger partial charge in [-0.15, -0.1) is 12.4 Å². The van der Waals surface area contributed by atoms with Crippen LogP contribution in [0.25, 0.3) is 0 Å². The molecule has 0 aromatic heterocycles. The summed E-state index contributed by atoms with van der Waals surface area (Å²) in [4.78, 5) is 2.45. The van der Waals surface area contributed by atoms with Crippen LogP contribution in [0, 0.1) is 6.92 Å². The van der Waals surface area contributed by atoms with Crippen molar-refractivity contribution in [3.8, 4) is 0 Å². The Bertz CT molecular complexity index is 306. The van der Waals surface area contributed by atoms with Gasteiger partial charge in [-0.3, -0.25) is 0 Å². The van der Waals surface area contributed by atoms with Gasteiger partial charge in [-0.2, -0.15) is 0 Å². The van der Waals surface area contributed by atoms with Crippen LogP contribution < -0.4 is 5.32 Å². The topological polar surface area (TPSA) is 15.3 Å². The fourth-order valence-electron chi connectivity index (χ4n) is 1.83. The monoisotopic (exact) mass is 240 g/mol. The maximum atomic E-state index is 3.31. The molecule has 0 saturated carbocycles. The zero-order valence-corrected chi connectivity index (χ0v) is 10.9. The summed E-state index contributed by atoms with van der Waals surface area (Å²) in [6.07, 6.45) is 1.16. The maximum Gasteiger partial charge on any atom is 0.0342 e. The molecule has 1 fully saturated rings. The van der Waals surface area contributed by atoms with Crippen LogP contribution in [0.5, 0.6) is 0 Å². The van der Waals surface area contributed by atoms with Gasteiger partial charge in [0.25, 0.3) is 0 Å². The molecular formula is C13H21ClN2. The van der Waals surface area contributed by atoms with Crippen LogP contribution >= 0.6 is 12.4 Å². The minimum absolute atomic E-state index is 0. The van der Waals surface area contributed by atoms with E-state index >= 15 is 0 Å². The second-order valence-electron chi connectivity index (χ2n) is 4.53. The zero-order chi connectivity index (χ0) is 10.7. The molecule has 1 N–H and O–H groups in total. The molecule has 90 valence electrons. The Kier molecular flexibility index (Phi) is 5.26. The molecule has 1 saturated heterocycles. The number of nitrogens with zero attached hydrogens (tertiary/aromatic N) is 1. The normalized spacial score (nSPS) is 15.7. The number of nitrogens with one attached hydrogen (secondary N) is 1. The van der Waals surface area contributed by atoms with Gasteiger partial charge in [-0.05, 0) is 26.0 Å². The Morgan fingerprint density at radius 1 is 1.25 bits per heavy atom. The number of likely N-dealkylation sites (N-methyl/N-ethyl adjacent to an activating group) is 1. The third kappa shape index (κ3) is 3.48. The smallest absolute Gasteiger partial charge is 0.0342 e. The first-order valence-corrected chi connectivity index (χ1v) is 5.72. The largest absolute Gasteiger partial charge is 0.314 e. The van der Waals surface area contributed by atoms with Crippen LogP contribution in [-0.4, -0.2) is 37.6 Å².